The lowest BCUT2D eigenvalue weighted by atomic mass is 9.87. The average molecular weight is 330 g/mol. The van der Waals surface area contributed by atoms with Crippen LogP contribution in [0, 0.1) is 33.5 Å². The average Bonchev–Trinajstić information content (AvgIpc) is 2.45. The lowest BCUT2D eigenvalue weighted by molar-refractivity contribution is 0.0944. The number of amidine groups is 4. The maximum atomic E-state index is 12.6. The summed E-state index contributed by atoms with van der Waals surface area (Å²) >= 11 is 0. The summed E-state index contributed by atoms with van der Waals surface area (Å²) in [5.74, 6) is -7.18. The topological polar surface area (TPSA) is 234 Å². The van der Waals surface area contributed by atoms with Crippen LogP contribution >= 0.6 is 0 Å². The van der Waals surface area contributed by atoms with E-state index in [1.165, 1.54) is 24.3 Å². The summed E-state index contributed by atoms with van der Waals surface area (Å²) in [6, 6.07) is 5.54. The molecule has 0 aliphatic carbocycles. The van der Waals surface area contributed by atoms with Crippen LogP contribution < -0.4 is 22.9 Å². The Kier molecular flexibility index (Phi) is 5.50. The first kappa shape index (κ1) is 18.5. The lowest BCUT2D eigenvalue weighted by Gasteiger charge is -2.17. The van der Waals surface area contributed by atoms with E-state index >= 15 is 0 Å². The largest absolute Gasteiger partial charge is 0.387 e. The minimum absolute atomic E-state index is 0.148. The maximum Gasteiger partial charge on any atom is 0.181 e. The number of hydrogen-bond acceptors (Lipinski definition) is 6. The molecule has 0 radical (unpaired) electrons. The zero-order chi connectivity index (χ0) is 18.6. The molecule has 0 aliphatic heterocycles. The minimum Gasteiger partial charge on any atom is -0.387 e. The van der Waals surface area contributed by atoms with Crippen molar-refractivity contribution in [3.05, 3.63) is 35.4 Å². The molecule has 0 saturated heterocycles. The Morgan fingerprint density at radius 1 is 0.667 bits per heavy atom. The van der Waals surface area contributed by atoms with Gasteiger partial charge in [-0.2, -0.15) is 0 Å². The first-order valence-electron chi connectivity index (χ1n) is 6.62. The van der Waals surface area contributed by atoms with Gasteiger partial charge in [-0.05, 0) is 0 Å². The molecule has 12 N–H and O–H groups in total. The van der Waals surface area contributed by atoms with Crippen molar-refractivity contribution < 1.29 is 9.59 Å². The Labute approximate surface area is 137 Å². The molecule has 0 amide bonds. The first-order valence-corrected chi connectivity index (χ1v) is 6.62. The van der Waals surface area contributed by atoms with Gasteiger partial charge in [0.1, 0.15) is 35.2 Å². The van der Waals surface area contributed by atoms with Crippen LogP contribution in [0.5, 0.6) is 0 Å². The number of benzene rings is 1. The molecule has 0 unspecified atom stereocenters. The number of carbonyl (C=O) groups excluding carboxylic acids is 2. The molecular formula is C14H18N8O2. The molecule has 0 spiro atoms. The number of nitrogens with one attached hydrogen (secondary N) is 4. The highest BCUT2D eigenvalue weighted by Gasteiger charge is 2.33. The zero-order valence-corrected chi connectivity index (χ0v) is 12.6. The maximum absolute atomic E-state index is 12.6. The van der Waals surface area contributed by atoms with Gasteiger partial charge in [-0.1, -0.05) is 24.3 Å². The molecule has 126 valence electrons. The van der Waals surface area contributed by atoms with Crippen molar-refractivity contribution in [1.82, 2.24) is 0 Å². The first-order chi connectivity index (χ1) is 11.1. The van der Waals surface area contributed by atoms with Crippen molar-refractivity contribution in [1.29, 1.82) is 21.6 Å². The molecule has 0 fully saturated rings. The lowest BCUT2D eigenvalue weighted by Crippen LogP contribution is -2.42. The van der Waals surface area contributed by atoms with E-state index in [9.17, 15) is 9.59 Å². The molecule has 10 nitrogen and oxygen atoms in total. The third kappa shape index (κ3) is 3.61. The number of ketones is 2. The molecule has 1 aromatic rings. The van der Waals surface area contributed by atoms with Gasteiger partial charge in [0.2, 0.25) is 0 Å². The fourth-order valence-electron chi connectivity index (χ4n) is 2.12. The van der Waals surface area contributed by atoms with Crippen LogP contribution in [0.1, 0.15) is 20.7 Å². The number of rotatable bonds is 8. The molecule has 0 bridgehead atoms. The SMILES string of the molecule is N=C(N)C(C(=N)N)C(=O)c1ccccc1C(=O)C(C(=N)N)C(=N)N. The molecule has 24 heavy (non-hydrogen) atoms. The van der Waals surface area contributed by atoms with Crippen molar-refractivity contribution in [2.45, 2.75) is 0 Å². The molecule has 0 aliphatic rings. The predicted molar refractivity (Wildman–Crippen MR) is 89.7 cm³/mol. The number of nitrogens with two attached hydrogens (primary N) is 4. The van der Waals surface area contributed by atoms with Gasteiger partial charge >= 0.3 is 0 Å². The van der Waals surface area contributed by atoms with Gasteiger partial charge in [0.05, 0.1) is 0 Å². The number of Topliss-reactive ketones (excluding diaryl/α,β-unsaturated/α-hetero) is 2. The van der Waals surface area contributed by atoms with Crippen molar-refractivity contribution in [3.63, 3.8) is 0 Å². The molecule has 0 heterocycles. The molecule has 0 atom stereocenters. The van der Waals surface area contributed by atoms with Crippen LogP contribution in [0.25, 0.3) is 0 Å². The number of carbonyl (C=O) groups is 2. The van der Waals surface area contributed by atoms with Crippen LogP contribution in [-0.2, 0) is 0 Å². The van der Waals surface area contributed by atoms with E-state index in [0.717, 1.165) is 0 Å². The summed E-state index contributed by atoms with van der Waals surface area (Å²) in [4.78, 5) is 25.1. The highest BCUT2D eigenvalue weighted by molar-refractivity contribution is 6.29. The van der Waals surface area contributed by atoms with E-state index in [2.05, 4.69) is 0 Å². The third-order valence-electron chi connectivity index (χ3n) is 3.23. The van der Waals surface area contributed by atoms with Crippen molar-refractivity contribution in [3.8, 4) is 0 Å². The summed E-state index contributed by atoms with van der Waals surface area (Å²) in [7, 11) is 0. The van der Waals surface area contributed by atoms with Crippen LogP contribution in [-0.4, -0.2) is 34.9 Å². The molecule has 1 aromatic carbocycles. The van der Waals surface area contributed by atoms with E-state index in [1.54, 1.807) is 0 Å². The highest BCUT2D eigenvalue weighted by Crippen LogP contribution is 2.18. The highest BCUT2D eigenvalue weighted by atomic mass is 16.1. The van der Waals surface area contributed by atoms with Crippen molar-refractivity contribution >= 4 is 34.9 Å². The molecule has 10 heteroatoms. The van der Waals surface area contributed by atoms with Crippen LogP contribution in [0.4, 0.5) is 0 Å². The third-order valence-corrected chi connectivity index (χ3v) is 3.23. The minimum atomic E-state index is -1.51. The summed E-state index contributed by atoms with van der Waals surface area (Å²) in [6.45, 7) is 0. The Balaban J connectivity index is 3.45. The summed E-state index contributed by atoms with van der Waals surface area (Å²) in [5.41, 5.74) is 20.9. The fraction of sp³-hybridized carbons (Fsp3) is 0.143. The Morgan fingerprint density at radius 3 is 1.12 bits per heavy atom. The van der Waals surface area contributed by atoms with Gasteiger partial charge in [-0.3, -0.25) is 31.2 Å². The van der Waals surface area contributed by atoms with Gasteiger partial charge in [-0.25, -0.2) is 0 Å². The second-order valence-electron chi connectivity index (χ2n) is 4.96. The molecule has 1 rings (SSSR count). The molecule has 0 saturated carbocycles. The van der Waals surface area contributed by atoms with E-state index < -0.39 is 46.7 Å². The van der Waals surface area contributed by atoms with Gasteiger partial charge in [0.25, 0.3) is 0 Å². The second kappa shape index (κ2) is 7.13. The summed E-state index contributed by atoms with van der Waals surface area (Å²) < 4.78 is 0. The number of hydrogen-bond donors (Lipinski definition) is 8. The van der Waals surface area contributed by atoms with Crippen molar-refractivity contribution in [2.75, 3.05) is 0 Å². The second-order valence-corrected chi connectivity index (χ2v) is 4.96. The van der Waals surface area contributed by atoms with Gasteiger partial charge < -0.3 is 22.9 Å². The van der Waals surface area contributed by atoms with Crippen LogP contribution in [0.3, 0.4) is 0 Å². The molecular weight excluding hydrogens is 312 g/mol. The van der Waals surface area contributed by atoms with E-state index in [4.69, 9.17) is 44.6 Å². The van der Waals surface area contributed by atoms with Gasteiger partial charge in [0.15, 0.2) is 11.6 Å². The monoisotopic (exact) mass is 330 g/mol. The van der Waals surface area contributed by atoms with E-state index in [1.807, 2.05) is 0 Å². The van der Waals surface area contributed by atoms with Gasteiger partial charge in [0, 0.05) is 11.1 Å². The van der Waals surface area contributed by atoms with E-state index in [0.29, 0.717) is 0 Å². The fourth-order valence-corrected chi connectivity index (χ4v) is 2.12. The smallest absolute Gasteiger partial charge is 0.181 e. The quantitative estimate of drug-likeness (QED) is 0.169. The summed E-state index contributed by atoms with van der Waals surface area (Å²) in [6.07, 6.45) is 0. The van der Waals surface area contributed by atoms with Crippen LogP contribution in [0.15, 0.2) is 24.3 Å². The zero-order valence-electron chi connectivity index (χ0n) is 12.6. The summed E-state index contributed by atoms with van der Waals surface area (Å²) in [5, 5.41) is 29.6. The van der Waals surface area contributed by atoms with Gasteiger partial charge in [-0.15, -0.1) is 0 Å². The standard InChI is InChI=1S/C14H18N8O2/c15-11(16)7(12(17)18)9(23)5-3-1-2-4-6(5)10(24)8(13(19)20)14(21)22/h1-4,7-8H,(H3,15,16)(H3,17,18)(H3,19,20)(H3,21,22). The van der Waals surface area contributed by atoms with E-state index in [-0.39, 0.29) is 11.1 Å². The molecule has 0 aromatic heterocycles. The Morgan fingerprint density at radius 2 is 0.917 bits per heavy atom. The predicted octanol–water partition coefficient (Wildman–Crippen LogP) is -0.972. The Bertz CT molecular complexity index is 664. The van der Waals surface area contributed by atoms with Crippen molar-refractivity contribution in [2.24, 2.45) is 34.8 Å². The normalized spacial score (nSPS) is 12.7. The van der Waals surface area contributed by atoms with Crippen LogP contribution in [0.2, 0.25) is 0 Å². The Hall–Kier alpha value is -3.56.